The largest absolute Gasteiger partial charge is 0.0978 e. The fourth-order valence-electron chi connectivity index (χ4n) is 3.19. The average Bonchev–Trinajstić information content (AvgIpc) is 2.78. The summed E-state index contributed by atoms with van der Waals surface area (Å²) in [6, 6.07) is 0. The molecule has 174 valence electrons. The first-order valence-electron chi connectivity index (χ1n) is 12.2. The zero-order valence-corrected chi connectivity index (χ0v) is 22.3. The summed E-state index contributed by atoms with van der Waals surface area (Å²) in [6.45, 7) is 6.59. The first-order valence-corrected chi connectivity index (χ1v) is 13.4. The Balaban J connectivity index is 3.22. The lowest BCUT2D eigenvalue weighted by atomic mass is 10.0. The number of hydrogen-bond donors (Lipinski definition) is 0. The Kier molecular flexibility index (Phi) is 16.4. The first kappa shape index (κ1) is 28.8. The molecule has 0 aromatic heterocycles. The lowest BCUT2D eigenvalue weighted by Gasteiger charge is -2.09. The summed E-state index contributed by atoms with van der Waals surface area (Å²) in [5, 5.41) is 1.33. The van der Waals surface area contributed by atoms with E-state index in [9.17, 15) is 0 Å². The molecular weight excluding hydrogens is 455 g/mol. The van der Waals surface area contributed by atoms with E-state index in [-0.39, 0.29) is 0 Å². The number of hydrogen-bond acceptors (Lipinski definition) is 0. The molecule has 0 spiro atoms. The third kappa shape index (κ3) is 10.6. The minimum atomic E-state index is 0.442. The van der Waals surface area contributed by atoms with E-state index in [0.717, 1.165) is 38.5 Å². The highest BCUT2D eigenvalue weighted by Crippen LogP contribution is 2.37. The molecule has 0 amide bonds. The molecule has 0 saturated heterocycles. The normalized spacial score (nSPS) is 9.94. The molecular formula is C29H37Cl3. The monoisotopic (exact) mass is 490 g/mol. The minimum absolute atomic E-state index is 0.442. The third-order valence-corrected chi connectivity index (χ3v) is 6.31. The van der Waals surface area contributed by atoms with Crippen LogP contribution in [0.5, 0.6) is 0 Å². The van der Waals surface area contributed by atoms with Crippen LogP contribution in [0.4, 0.5) is 0 Å². The van der Waals surface area contributed by atoms with Gasteiger partial charge in [-0.1, -0.05) is 142 Å². The topological polar surface area (TPSA) is 0 Å². The molecule has 0 atom stereocenters. The van der Waals surface area contributed by atoms with Gasteiger partial charge in [0.25, 0.3) is 0 Å². The number of unbranched alkanes of at least 4 members (excludes halogenated alkanes) is 11. The number of benzene rings is 1. The van der Waals surface area contributed by atoms with Crippen molar-refractivity contribution in [3.8, 4) is 35.5 Å². The molecule has 1 aromatic rings. The van der Waals surface area contributed by atoms with Crippen LogP contribution >= 0.6 is 34.8 Å². The van der Waals surface area contributed by atoms with Gasteiger partial charge in [-0.05, 0) is 19.3 Å². The SMILES string of the molecule is CCCCCC#Cc1c(Cl)c(C#CCCCCCC)c(Cl)c(C#CCCCCCC)c1Cl. The van der Waals surface area contributed by atoms with E-state index in [4.69, 9.17) is 34.8 Å². The summed E-state index contributed by atoms with van der Waals surface area (Å²) in [7, 11) is 0. The summed E-state index contributed by atoms with van der Waals surface area (Å²) < 4.78 is 0. The van der Waals surface area contributed by atoms with E-state index in [1.165, 1.54) is 51.4 Å². The van der Waals surface area contributed by atoms with Gasteiger partial charge in [0, 0.05) is 19.3 Å². The lowest BCUT2D eigenvalue weighted by Crippen LogP contribution is -1.94. The number of halogens is 3. The summed E-state index contributed by atoms with van der Waals surface area (Å²) in [5.41, 5.74) is 1.79. The van der Waals surface area contributed by atoms with Gasteiger partial charge in [-0.25, -0.2) is 0 Å². The van der Waals surface area contributed by atoms with Crippen LogP contribution in [-0.4, -0.2) is 0 Å². The lowest BCUT2D eigenvalue weighted by molar-refractivity contribution is 0.679. The molecule has 0 radical (unpaired) electrons. The first-order chi connectivity index (χ1) is 15.6. The maximum Gasteiger partial charge on any atom is 0.0750 e. The molecule has 0 unspecified atom stereocenters. The van der Waals surface area contributed by atoms with Crippen molar-refractivity contribution < 1.29 is 0 Å². The molecule has 32 heavy (non-hydrogen) atoms. The maximum atomic E-state index is 6.70. The molecule has 3 heteroatoms. The zero-order valence-electron chi connectivity index (χ0n) is 20.0. The van der Waals surface area contributed by atoms with E-state index in [1.807, 2.05) is 0 Å². The second kappa shape index (κ2) is 18.2. The second-order valence-electron chi connectivity index (χ2n) is 8.05. The van der Waals surface area contributed by atoms with Crippen LogP contribution in [0, 0.1) is 35.5 Å². The van der Waals surface area contributed by atoms with Crippen LogP contribution in [0.3, 0.4) is 0 Å². The molecule has 0 saturated carbocycles. The third-order valence-electron chi connectivity index (χ3n) is 5.17. The van der Waals surface area contributed by atoms with Crippen LogP contribution in [0.25, 0.3) is 0 Å². The molecule has 0 aliphatic carbocycles. The molecule has 0 aliphatic rings. The smallest absolute Gasteiger partial charge is 0.0750 e. The van der Waals surface area contributed by atoms with Crippen LogP contribution in [0.2, 0.25) is 15.1 Å². The average molecular weight is 492 g/mol. The van der Waals surface area contributed by atoms with E-state index >= 15 is 0 Å². The van der Waals surface area contributed by atoms with Gasteiger partial charge in [-0.2, -0.15) is 0 Å². The van der Waals surface area contributed by atoms with Gasteiger partial charge in [0.05, 0.1) is 31.8 Å². The molecule has 0 fully saturated rings. The van der Waals surface area contributed by atoms with Crippen molar-refractivity contribution in [2.75, 3.05) is 0 Å². The Morgan fingerprint density at radius 1 is 0.438 bits per heavy atom. The summed E-state index contributed by atoms with van der Waals surface area (Å²) in [4.78, 5) is 0. The molecule has 0 bridgehead atoms. The quantitative estimate of drug-likeness (QED) is 0.213. The predicted octanol–water partition coefficient (Wildman–Crippen LogP) is 10.2. The Morgan fingerprint density at radius 3 is 1.03 bits per heavy atom. The minimum Gasteiger partial charge on any atom is -0.0978 e. The van der Waals surface area contributed by atoms with Gasteiger partial charge in [0.1, 0.15) is 0 Å². The van der Waals surface area contributed by atoms with Crippen LogP contribution in [-0.2, 0) is 0 Å². The van der Waals surface area contributed by atoms with E-state index in [1.54, 1.807) is 0 Å². The highest BCUT2D eigenvalue weighted by atomic mass is 35.5. The fourth-order valence-corrected chi connectivity index (χ4v) is 4.19. The Morgan fingerprint density at radius 2 is 0.719 bits per heavy atom. The van der Waals surface area contributed by atoms with Gasteiger partial charge in [-0.3, -0.25) is 0 Å². The summed E-state index contributed by atoms with van der Waals surface area (Å²) in [6.07, 6.45) is 15.3. The van der Waals surface area contributed by atoms with Crippen molar-refractivity contribution in [1.29, 1.82) is 0 Å². The van der Waals surface area contributed by atoms with Crippen molar-refractivity contribution in [1.82, 2.24) is 0 Å². The molecule has 0 N–H and O–H groups in total. The standard InChI is InChI=1S/C29H37Cl3/c1-4-7-10-13-16-19-22-25-27(30)24(21-18-15-12-9-6-3)28(31)26(29(25)32)23-20-17-14-11-8-5-2/h4-17H2,1-3H3. The van der Waals surface area contributed by atoms with E-state index in [0.29, 0.717) is 31.8 Å². The zero-order chi connectivity index (χ0) is 23.6. The van der Waals surface area contributed by atoms with Crippen molar-refractivity contribution in [2.24, 2.45) is 0 Å². The van der Waals surface area contributed by atoms with Gasteiger partial charge in [-0.15, -0.1) is 0 Å². The van der Waals surface area contributed by atoms with Crippen LogP contribution < -0.4 is 0 Å². The molecule has 0 heterocycles. The highest BCUT2D eigenvalue weighted by molar-refractivity contribution is 6.42. The molecule has 0 aliphatic heterocycles. The summed E-state index contributed by atoms with van der Waals surface area (Å²) >= 11 is 20.1. The molecule has 1 aromatic carbocycles. The highest BCUT2D eigenvalue weighted by Gasteiger charge is 2.18. The molecule has 1 rings (SSSR count). The van der Waals surface area contributed by atoms with Crippen LogP contribution in [0.1, 0.15) is 127 Å². The van der Waals surface area contributed by atoms with Gasteiger partial charge in [0.15, 0.2) is 0 Å². The van der Waals surface area contributed by atoms with E-state index < -0.39 is 0 Å². The Labute approximate surface area is 212 Å². The maximum absolute atomic E-state index is 6.70. The Bertz CT molecular complexity index is 822. The van der Waals surface area contributed by atoms with Gasteiger partial charge >= 0.3 is 0 Å². The number of rotatable bonds is 11. The summed E-state index contributed by atoms with van der Waals surface area (Å²) in [5.74, 6) is 19.2. The van der Waals surface area contributed by atoms with Crippen molar-refractivity contribution in [2.45, 2.75) is 111 Å². The van der Waals surface area contributed by atoms with Crippen LogP contribution in [0.15, 0.2) is 0 Å². The second-order valence-corrected chi connectivity index (χ2v) is 9.18. The predicted molar refractivity (Wildman–Crippen MR) is 144 cm³/mol. The Hall–Kier alpha value is -1.23. The van der Waals surface area contributed by atoms with Crippen molar-refractivity contribution in [3.05, 3.63) is 31.8 Å². The fraction of sp³-hybridized carbons (Fsp3) is 0.586. The molecule has 0 nitrogen and oxygen atoms in total. The van der Waals surface area contributed by atoms with Crippen molar-refractivity contribution in [3.63, 3.8) is 0 Å². The van der Waals surface area contributed by atoms with Gasteiger partial charge < -0.3 is 0 Å². The van der Waals surface area contributed by atoms with E-state index in [2.05, 4.69) is 56.3 Å². The van der Waals surface area contributed by atoms with Crippen molar-refractivity contribution >= 4 is 34.8 Å². The van der Waals surface area contributed by atoms with Gasteiger partial charge in [0.2, 0.25) is 0 Å².